The molecule has 0 amide bonds. The van der Waals surface area contributed by atoms with Crippen molar-refractivity contribution in [2.24, 2.45) is 10.9 Å². The Balaban J connectivity index is 0.00000280. The second-order valence-electron chi connectivity index (χ2n) is 7.93. The van der Waals surface area contributed by atoms with Gasteiger partial charge in [0.1, 0.15) is 11.6 Å². The number of halogens is 1. The van der Waals surface area contributed by atoms with Crippen LogP contribution in [0.25, 0.3) is 0 Å². The second kappa shape index (κ2) is 12.2. The van der Waals surface area contributed by atoms with Crippen molar-refractivity contribution in [1.29, 1.82) is 0 Å². The number of aromatic nitrogens is 3. The summed E-state index contributed by atoms with van der Waals surface area (Å²) < 4.78 is 2.36. The molecule has 0 bridgehead atoms. The molecule has 1 saturated heterocycles. The average molecular weight is 521 g/mol. The van der Waals surface area contributed by atoms with Crippen LogP contribution in [0.15, 0.2) is 4.99 Å². The minimum atomic E-state index is 0. The molecule has 0 aliphatic carbocycles. The molecule has 1 aromatic heterocycles. The molecule has 0 radical (unpaired) electrons. The normalized spacial score (nSPS) is 20.5. The molecule has 160 valence electrons. The van der Waals surface area contributed by atoms with Crippen LogP contribution in [0.1, 0.15) is 58.1 Å². The molecule has 2 aliphatic heterocycles. The molecule has 0 spiro atoms. The zero-order chi connectivity index (χ0) is 19.1. The second-order valence-corrected chi connectivity index (χ2v) is 9.28. The van der Waals surface area contributed by atoms with Crippen LogP contribution in [0.5, 0.6) is 0 Å². The topological polar surface area (TPSA) is 58.3 Å². The maximum atomic E-state index is 4.93. The highest BCUT2D eigenvalue weighted by Gasteiger charge is 2.24. The molecule has 0 aromatic carbocycles. The van der Waals surface area contributed by atoms with Gasteiger partial charge in [-0.2, -0.15) is 11.8 Å². The fraction of sp³-hybridized carbons (Fsp3) is 0.850. The van der Waals surface area contributed by atoms with Gasteiger partial charge in [0.25, 0.3) is 0 Å². The third-order valence-electron chi connectivity index (χ3n) is 5.48. The summed E-state index contributed by atoms with van der Waals surface area (Å²) in [4.78, 5) is 7.38. The van der Waals surface area contributed by atoms with E-state index in [-0.39, 0.29) is 24.0 Å². The van der Waals surface area contributed by atoms with Crippen molar-refractivity contribution >= 4 is 41.7 Å². The third kappa shape index (κ3) is 6.50. The van der Waals surface area contributed by atoms with Gasteiger partial charge in [0.05, 0.1) is 0 Å². The van der Waals surface area contributed by atoms with Gasteiger partial charge in [0.2, 0.25) is 0 Å². The Morgan fingerprint density at radius 3 is 2.89 bits per heavy atom. The molecule has 28 heavy (non-hydrogen) atoms. The smallest absolute Gasteiger partial charge is 0.193 e. The van der Waals surface area contributed by atoms with Gasteiger partial charge < -0.3 is 14.8 Å². The maximum absolute atomic E-state index is 4.93. The lowest BCUT2D eigenvalue weighted by Crippen LogP contribution is -2.49. The molecule has 1 aromatic rings. The highest BCUT2D eigenvalue weighted by Crippen LogP contribution is 2.25. The Morgan fingerprint density at radius 2 is 2.11 bits per heavy atom. The number of hydrogen-bond donors (Lipinski definition) is 1. The Bertz CT molecular complexity index is 618. The number of guanidine groups is 1. The number of hydrogen-bond acceptors (Lipinski definition) is 4. The van der Waals surface area contributed by atoms with E-state index in [0.29, 0.717) is 11.2 Å². The molecular formula is C20H37IN6S. The lowest BCUT2D eigenvalue weighted by atomic mass is 10.1. The summed E-state index contributed by atoms with van der Waals surface area (Å²) >= 11 is 2.11. The summed E-state index contributed by atoms with van der Waals surface area (Å²) in [5, 5.41) is 13.1. The average Bonchev–Trinajstić information content (AvgIpc) is 2.90. The van der Waals surface area contributed by atoms with Crippen LogP contribution in [0.3, 0.4) is 0 Å². The van der Waals surface area contributed by atoms with Crippen molar-refractivity contribution in [2.45, 2.75) is 71.1 Å². The van der Waals surface area contributed by atoms with E-state index in [1.54, 1.807) is 0 Å². The van der Waals surface area contributed by atoms with Crippen LogP contribution in [-0.4, -0.2) is 62.8 Å². The van der Waals surface area contributed by atoms with Crippen LogP contribution in [0.2, 0.25) is 0 Å². The molecule has 3 heterocycles. The fourth-order valence-electron chi connectivity index (χ4n) is 3.85. The summed E-state index contributed by atoms with van der Waals surface area (Å²) in [7, 11) is 0. The molecule has 2 aliphatic rings. The maximum Gasteiger partial charge on any atom is 0.193 e. The number of thioether (sulfide) groups is 1. The van der Waals surface area contributed by atoms with E-state index in [4.69, 9.17) is 4.99 Å². The predicted molar refractivity (Wildman–Crippen MR) is 130 cm³/mol. The van der Waals surface area contributed by atoms with E-state index in [1.165, 1.54) is 30.8 Å². The molecule has 0 saturated carbocycles. The van der Waals surface area contributed by atoms with Gasteiger partial charge in [-0.3, -0.25) is 4.99 Å². The molecule has 1 N–H and O–H groups in total. The standard InChI is InChI=1S/C20H36N6S.HI/c1-4-21-20(25-13-14-27-17(15-25)16(2)3)22-11-8-10-19-24-23-18-9-6-5-7-12-26(18)19;/h16-17H,4-15H2,1-3H3,(H,21,22);1H. The number of fused-ring (bicyclic) bond motifs is 1. The van der Waals surface area contributed by atoms with Crippen molar-refractivity contribution < 1.29 is 0 Å². The SMILES string of the molecule is CCNC(=NCCCc1nnc2n1CCCCC2)N1CCSC(C(C)C)C1.I. The van der Waals surface area contributed by atoms with Crippen molar-refractivity contribution in [3.05, 3.63) is 11.6 Å². The summed E-state index contributed by atoms with van der Waals surface area (Å²) in [6.45, 7) is 11.9. The van der Waals surface area contributed by atoms with Crippen LogP contribution in [0, 0.1) is 5.92 Å². The van der Waals surface area contributed by atoms with Crippen LogP contribution >= 0.6 is 35.7 Å². The van der Waals surface area contributed by atoms with Gasteiger partial charge in [-0.25, -0.2) is 0 Å². The lowest BCUT2D eigenvalue weighted by Gasteiger charge is -2.36. The number of nitrogens with one attached hydrogen (secondary N) is 1. The Hall–Kier alpha value is -0.510. The first-order valence-electron chi connectivity index (χ1n) is 10.7. The molecular weight excluding hydrogens is 483 g/mol. The predicted octanol–water partition coefficient (Wildman–Crippen LogP) is 3.59. The third-order valence-corrected chi connectivity index (χ3v) is 7.02. The summed E-state index contributed by atoms with van der Waals surface area (Å²) in [6, 6.07) is 0. The van der Waals surface area contributed by atoms with Crippen LogP contribution in [-0.2, 0) is 19.4 Å². The quantitative estimate of drug-likeness (QED) is 0.269. The van der Waals surface area contributed by atoms with E-state index in [2.05, 4.69) is 57.5 Å². The van der Waals surface area contributed by atoms with E-state index < -0.39 is 0 Å². The van der Waals surface area contributed by atoms with Crippen molar-refractivity contribution in [2.75, 3.05) is 31.9 Å². The largest absolute Gasteiger partial charge is 0.357 e. The summed E-state index contributed by atoms with van der Waals surface area (Å²) in [5.41, 5.74) is 0. The van der Waals surface area contributed by atoms with E-state index >= 15 is 0 Å². The minimum Gasteiger partial charge on any atom is -0.357 e. The van der Waals surface area contributed by atoms with Gasteiger partial charge in [-0.05, 0) is 32.1 Å². The van der Waals surface area contributed by atoms with Gasteiger partial charge in [0.15, 0.2) is 5.96 Å². The Labute approximate surface area is 191 Å². The number of rotatable bonds is 6. The summed E-state index contributed by atoms with van der Waals surface area (Å²) in [6.07, 6.45) is 6.90. The summed E-state index contributed by atoms with van der Waals surface area (Å²) in [5.74, 6) is 5.33. The van der Waals surface area contributed by atoms with Crippen LogP contribution in [0.4, 0.5) is 0 Å². The minimum absolute atomic E-state index is 0. The van der Waals surface area contributed by atoms with Crippen LogP contribution < -0.4 is 5.32 Å². The number of aryl methyl sites for hydroxylation is 2. The molecule has 1 unspecified atom stereocenters. The molecule has 1 fully saturated rings. The Morgan fingerprint density at radius 1 is 1.25 bits per heavy atom. The van der Waals surface area contributed by atoms with E-state index in [1.807, 2.05) is 0 Å². The first-order chi connectivity index (χ1) is 13.2. The molecule has 6 nitrogen and oxygen atoms in total. The molecule has 3 rings (SSSR count). The monoisotopic (exact) mass is 520 g/mol. The van der Waals surface area contributed by atoms with Gasteiger partial charge in [-0.15, -0.1) is 34.2 Å². The number of aliphatic imine (C=N–C) groups is 1. The zero-order valence-electron chi connectivity index (χ0n) is 17.7. The lowest BCUT2D eigenvalue weighted by molar-refractivity contribution is 0.380. The van der Waals surface area contributed by atoms with Gasteiger partial charge >= 0.3 is 0 Å². The van der Waals surface area contributed by atoms with Crippen molar-refractivity contribution in [1.82, 2.24) is 25.0 Å². The van der Waals surface area contributed by atoms with Crippen molar-refractivity contribution in [3.63, 3.8) is 0 Å². The van der Waals surface area contributed by atoms with Crippen molar-refractivity contribution in [3.8, 4) is 0 Å². The first kappa shape index (κ1) is 23.8. The van der Waals surface area contributed by atoms with E-state index in [9.17, 15) is 0 Å². The fourth-order valence-corrected chi connectivity index (χ4v) is 5.15. The van der Waals surface area contributed by atoms with Gasteiger partial charge in [0, 0.05) is 56.6 Å². The van der Waals surface area contributed by atoms with E-state index in [0.717, 1.165) is 63.8 Å². The molecule has 8 heteroatoms. The Kier molecular flexibility index (Phi) is 10.4. The first-order valence-corrected chi connectivity index (χ1v) is 11.8. The molecule has 1 atom stereocenters. The highest BCUT2D eigenvalue weighted by molar-refractivity contribution is 14.0. The number of nitrogens with zero attached hydrogens (tertiary/aromatic N) is 5. The zero-order valence-corrected chi connectivity index (χ0v) is 20.8. The highest BCUT2D eigenvalue weighted by atomic mass is 127. The van der Waals surface area contributed by atoms with Gasteiger partial charge in [-0.1, -0.05) is 20.3 Å².